The van der Waals surface area contributed by atoms with Crippen molar-refractivity contribution in [2.24, 2.45) is 0 Å². The minimum atomic E-state index is -0.189. The minimum Gasteiger partial charge on any atom is -0.497 e. The number of nitriles is 1. The standard InChI is InChI=1S/C14H14N2O/c1-17-14-7-4-5-12(9-14)11-16-8-3-2-6-13(16)10-15/h2-9,13H,11H2,1H3. The summed E-state index contributed by atoms with van der Waals surface area (Å²) in [6, 6.07) is 9.96. The first-order chi connectivity index (χ1) is 8.33. The van der Waals surface area contributed by atoms with Crippen molar-refractivity contribution in [3.05, 3.63) is 54.3 Å². The summed E-state index contributed by atoms with van der Waals surface area (Å²) in [5.41, 5.74) is 1.13. The van der Waals surface area contributed by atoms with E-state index in [2.05, 4.69) is 6.07 Å². The molecule has 0 amide bonds. The Hall–Kier alpha value is -2.21. The van der Waals surface area contributed by atoms with Crippen molar-refractivity contribution in [1.29, 1.82) is 5.26 Å². The van der Waals surface area contributed by atoms with Gasteiger partial charge in [-0.2, -0.15) is 5.26 Å². The molecule has 3 nitrogen and oxygen atoms in total. The molecule has 1 aliphatic heterocycles. The molecule has 0 N–H and O–H groups in total. The lowest BCUT2D eigenvalue weighted by molar-refractivity contribution is 0.353. The van der Waals surface area contributed by atoms with Crippen LogP contribution in [0.1, 0.15) is 5.56 Å². The third kappa shape index (κ3) is 2.67. The lowest BCUT2D eigenvalue weighted by Crippen LogP contribution is -2.28. The molecule has 86 valence electrons. The van der Waals surface area contributed by atoms with Crippen LogP contribution in [-0.2, 0) is 6.54 Å². The number of hydrogen-bond acceptors (Lipinski definition) is 3. The van der Waals surface area contributed by atoms with Crippen LogP contribution in [-0.4, -0.2) is 18.1 Å². The highest BCUT2D eigenvalue weighted by atomic mass is 16.5. The molecule has 3 heteroatoms. The van der Waals surface area contributed by atoms with Gasteiger partial charge in [-0.25, -0.2) is 0 Å². The van der Waals surface area contributed by atoms with E-state index in [1.165, 1.54) is 0 Å². The lowest BCUT2D eigenvalue weighted by Gasteiger charge is -2.25. The maximum absolute atomic E-state index is 9.04. The molecule has 0 bridgehead atoms. The minimum absolute atomic E-state index is 0.189. The van der Waals surface area contributed by atoms with E-state index < -0.39 is 0 Å². The zero-order valence-electron chi connectivity index (χ0n) is 9.71. The van der Waals surface area contributed by atoms with Crippen LogP contribution in [0.25, 0.3) is 0 Å². The second kappa shape index (κ2) is 5.22. The van der Waals surface area contributed by atoms with Crippen molar-refractivity contribution in [1.82, 2.24) is 4.90 Å². The predicted molar refractivity (Wildman–Crippen MR) is 66.2 cm³/mol. The van der Waals surface area contributed by atoms with Gasteiger partial charge in [-0.15, -0.1) is 0 Å². The summed E-state index contributed by atoms with van der Waals surface area (Å²) in [5.74, 6) is 0.840. The Bertz CT molecular complexity index is 485. The van der Waals surface area contributed by atoms with Crippen molar-refractivity contribution < 1.29 is 4.74 Å². The molecule has 0 radical (unpaired) electrons. The molecule has 2 rings (SSSR count). The van der Waals surface area contributed by atoms with Gasteiger partial charge in [-0.1, -0.05) is 18.2 Å². The summed E-state index contributed by atoms with van der Waals surface area (Å²) < 4.78 is 5.18. The SMILES string of the molecule is COc1cccc(CN2C=CC=CC2C#N)c1. The average Bonchev–Trinajstić information content (AvgIpc) is 2.39. The summed E-state index contributed by atoms with van der Waals surface area (Å²) in [6.45, 7) is 0.705. The Balaban J connectivity index is 2.12. The highest BCUT2D eigenvalue weighted by molar-refractivity contribution is 5.29. The number of nitrogens with zero attached hydrogens (tertiary/aromatic N) is 2. The van der Waals surface area contributed by atoms with Crippen LogP contribution in [0.2, 0.25) is 0 Å². The van der Waals surface area contributed by atoms with Gasteiger partial charge in [0.1, 0.15) is 11.8 Å². The van der Waals surface area contributed by atoms with Gasteiger partial charge < -0.3 is 9.64 Å². The number of methoxy groups -OCH3 is 1. The number of ether oxygens (including phenoxy) is 1. The molecular formula is C14H14N2O. The van der Waals surface area contributed by atoms with Crippen molar-refractivity contribution in [3.8, 4) is 11.8 Å². The molecule has 0 saturated heterocycles. The molecule has 1 aliphatic rings. The van der Waals surface area contributed by atoms with Gasteiger partial charge >= 0.3 is 0 Å². The zero-order valence-corrected chi connectivity index (χ0v) is 9.71. The van der Waals surface area contributed by atoms with Crippen LogP contribution >= 0.6 is 0 Å². The fourth-order valence-corrected chi connectivity index (χ4v) is 1.78. The van der Waals surface area contributed by atoms with Gasteiger partial charge in [0, 0.05) is 12.7 Å². The summed E-state index contributed by atoms with van der Waals surface area (Å²) >= 11 is 0. The zero-order chi connectivity index (χ0) is 12.1. The van der Waals surface area contributed by atoms with Crippen molar-refractivity contribution in [2.75, 3.05) is 7.11 Å². The van der Waals surface area contributed by atoms with Crippen LogP contribution in [0.5, 0.6) is 5.75 Å². The van der Waals surface area contributed by atoms with E-state index in [1.807, 2.05) is 53.6 Å². The summed E-state index contributed by atoms with van der Waals surface area (Å²) in [6.07, 6.45) is 7.66. The van der Waals surface area contributed by atoms with Gasteiger partial charge in [0.15, 0.2) is 0 Å². The third-order valence-corrected chi connectivity index (χ3v) is 2.67. The number of rotatable bonds is 3. The highest BCUT2D eigenvalue weighted by Crippen LogP contribution is 2.17. The Kier molecular flexibility index (Phi) is 3.46. The van der Waals surface area contributed by atoms with E-state index in [9.17, 15) is 0 Å². The van der Waals surface area contributed by atoms with E-state index >= 15 is 0 Å². The van der Waals surface area contributed by atoms with E-state index in [4.69, 9.17) is 10.00 Å². The average molecular weight is 226 g/mol. The first kappa shape index (κ1) is 11.3. The van der Waals surface area contributed by atoms with Crippen molar-refractivity contribution in [3.63, 3.8) is 0 Å². The Morgan fingerprint density at radius 2 is 2.29 bits per heavy atom. The molecule has 0 aliphatic carbocycles. The van der Waals surface area contributed by atoms with Crippen molar-refractivity contribution in [2.45, 2.75) is 12.6 Å². The first-order valence-electron chi connectivity index (χ1n) is 5.47. The molecule has 17 heavy (non-hydrogen) atoms. The molecule has 1 aromatic rings. The molecule has 1 unspecified atom stereocenters. The molecule has 1 aromatic carbocycles. The highest BCUT2D eigenvalue weighted by Gasteiger charge is 2.13. The van der Waals surface area contributed by atoms with Crippen LogP contribution in [0.15, 0.2) is 48.7 Å². The van der Waals surface area contributed by atoms with E-state index in [-0.39, 0.29) is 6.04 Å². The fraction of sp³-hybridized carbons (Fsp3) is 0.214. The molecule has 1 atom stereocenters. The summed E-state index contributed by atoms with van der Waals surface area (Å²) in [5, 5.41) is 9.04. The number of allylic oxidation sites excluding steroid dienone is 2. The second-order valence-electron chi connectivity index (χ2n) is 3.82. The van der Waals surface area contributed by atoms with Gasteiger partial charge in [-0.3, -0.25) is 0 Å². The maximum atomic E-state index is 9.04. The topological polar surface area (TPSA) is 36.3 Å². The lowest BCUT2D eigenvalue weighted by atomic mass is 10.1. The molecule has 0 spiro atoms. The Morgan fingerprint density at radius 1 is 1.41 bits per heavy atom. The number of hydrogen-bond donors (Lipinski definition) is 0. The summed E-state index contributed by atoms with van der Waals surface area (Å²) in [4.78, 5) is 1.99. The molecule has 0 fully saturated rings. The predicted octanol–water partition coefficient (Wildman–Crippen LogP) is 2.47. The molecule has 0 saturated carbocycles. The number of benzene rings is 1. The van der Waals surface area contributed by atoms with Crippen LogP contribution in [0.3, 0.4) is 0 Å². The van der Waals surface area contributed by atoms with Gasteiger partial charge in [0.05, 0.1) is 13.2 Å². The Morgan fingerprint density at radius 3 is 3.06 bits per heavy atom. The van der Waals surface area contributed by atoms with E-state index in [0.29, 0.717) is 6.54 Å². The third-order valence-electron chi connectivity index (χ3n) is 2.67. The van der Waals surface area contributed by atoms with Gasteiger partial charge in [-0.05, 0) is 29.8 Å². The maximum Gasteiger partial charge on any atom is 0.135 e. The molecular weight excluding hydrogens is 212 g/mol. The van der Waals surface area contributed by atoms with E-state index in [0.717, 1.165) is 11.3 Å². The fourth-order valence-electron chi connectivity index (χ4n) is 1.78. The second-order valence-corrected chi connectivity index (χ2v) is 3.82. The monoisotopic (exact) mass is 226 g/mol. The molecule has 1 heterocycles. The van der Waals surface area contributed by atoms with Crippen LogP contribution in [0.4, 0.5) is 0 Å². The Labute approximate surface area is 101 Å². The summed E-state index contributed by atoms with van der Waals surface area (Å²) in [7, 11) is 1.65. The van der Waals surface area contributed by atoms with E-state index in [1.54, 1.807) is 7.11 Å². The van der Waals surface area contributed by atoms with Crippen LogP contribution in [0, 0.1) is 11.3 Å². The van der Waals surface area contributed by atoms with Gasteiger partial charge in [0.25, 0.3) is 0 Å². The molecule has 0 aromatic heterocycles. The van der Waals surface area contributed by atoms with Gasteiger partial charge in [0.2, 0.25) is 0 Å². The largest absolute Gasteiger partial charge is 0.497 e. The smallest absolute Gasteiger partial charge is 0.135 e. The van der Waals surface area contributed by atoms with Crippen LogP contribution < -0.4 is 4.74 Å². The first-order valence-corrected chi connectivity index (χ1v) is 5.47. The normalized spacial score (nSPS) is 17.9. The van der Waals surface area contributed by atoms with Crippen molar-refractivity contribution >= 4 is 0 Å². The quantitative estimate of drug-likeness (QED) is 0.794.